The van der Waals surface area contributed by atoms with Crippen LogP contribution in [-0.2, 0) is 18.4 Å². The third-order valence-corrected chi connectivity index (χ3v) is 3.35. The Kier molecular flexibility index (Phi) is 4.33. The maximum atomic E-state index is 10.7. The predicted octanol–water partition coefficient (Wildman–Crippen LogP) is 0.0124. The molecule has 1 fully saturated rings. The van der Waals surface area contributed by atoms with E-state index in [2.05, 4.69) is 10.00 Å². The van der Waals surface area contributed by atoms with Crippen LogP contribution in [0.5, 0.6) is 0 Å². The summed E-state index contributed by atoms with van der Waals surface area (Å²) in [7, 11) is 1.95. The molecule has 2 heterocycles. The van der Waals surface area contributed by atoms with Crippen molar-refractivity contribution in [2.75, 3.05) is 32.7 Å². The molecule has 0 aromatic carbocycles. The summed E-state index contributed by atoms with van der Waals surface area (Å²) in [5.74, 6) is -0.741. The fraction of sp³-hybridized carbons (Fsp3) is 0.667. The summed E-state index contributed by atoms with van der Waals surface area (Å²) in [6.45, 7) is 4.66. The highest BCUT2D eigenvalue weighted by Crippen LogP contribution is 2.08. The number of aliphatic carboxylic acids is 1. The Morgan fingerprint density at radius 1 is 1.33 bits per heavy atom. The lowest BCUT2D eigenvalue weighted by atomic mass is 10.3. The van der Waals surface area contributed by atoms with Crippen LogP contribution >= 0.6 is 0 Å². The van der Waals surface area contributed by atoms with Crippen molar-refractivity contribution in [3.63, 3.8) is 0 Å². The number of aromatic nitrogens is 2. The number of carboxylic acid groups (broad SMARTS) is 1. The minimum Gasteiger partial charge on any atom is -0.480 e. The molecule has 0 aliphatic carbocycles. The molecule has 6 heteroatoms. The maximum absolute atomic E-state index is 10.7. The fourth-order valence-electron chi connectivity index (χ4n) is 2.32. The van der Waals surface area contributed by atoms with Gasteiger partial charge in [0.2, 0.25) is 0 Å². The van der Waals surface area contributed by atoms with Gasteiger partial charge >= 0.3 is 5.97 Å². The van der Waals surface area contributed by atoms with Crippen LogP contribution in [0, 0.1) is 0 Å². The Morgan fingerprint density at radius 3 is 2.72 bits per heavy atom. The Balaban J connectivity index is 1.85. The average molecular weight is 252 g/mol. The number of rotatable bonds is 4. The minimum atomic E-state index is -0.741. The molecule has 0 unspecified atom stereocenters. The molecule has 2 rings (SSSR count). The lowest BCUT2D eigenvalue weighted by Crippen LogP contribution is -2.34. The molecule has 0 radical (unpaired) electrons. The number of aryl methyl sites for hydroxylation is 1. The molecular formula is C12H20N4O2. The van der Waals surface area contributed by atoms with Gasteiger partial charge in [0, 0.05) is 39.4 Å². The summed E-state index contributed by atoms with van der Waals surface area (Å²) in [5, 5.41) is 13.0. The van der Waals surface area contributed by atoms with Gasteiger partial charge in [-0.05, 0) is 19.0 Å². The fourth-order valence-corrected chi connectivity index (χ4v) is 2.32. The Morgan fingerprint density at radius 2 is 2.06 bits per heavy atom. The molecular weight excluding hydrogens is 232 g/mol. The SMILES string of the molecule is Cn1nccc1CN1CCCN(CC(=O)O)CC1. The molecule has 1 aromatic rings. The van der Waals surface area contributed by atoms with Crippen LogP contribution in [0.2, 0.25) is 0 Å². The molecule has 1 N–H and O–H groups in total. The van der Waals surface area contributed by atoms with Gasteiger partial charge in [0.15, 0.2) is 0 Å². The van der Waals surface area contributed by atoms with E-state index in [0.29, 0.717) is 0 Å². The monoisotopic (exact) mass is 252 g/mol. The molecule has 0 saturated carbocycles. The largest absolute Gasteiger partial charge is 0.480 e. The van der Waals surface area contributed by atoms with Crippen molar-refractivity contribution < 1.29 is 9.90 Å². The second-order valence-electron chi connectivity index (χ2n) is 4.75. The molecule has 0 atom stereocenters. The van der Waals surface area contributed by atoms with Crippen LogP contribution < -0.4 is 0 Å². The molecule has 1 saturated heterocycles. The quantitative estimate of drug-likeness (QED) is 0.818. The van der Waals surface area contributed by atoms with Crippen LogP contribution in [0.25, 0.3) is 0 Å². The van der Waals surface area contributed by atoms with Gasteiger partial charge in [-0.3, -0.25) is 19.3 Å². The number of nitrogens with zero attached hydrogens (tertiary/aromatic N) is 4. The zero-order valence-electron chi connectivity index (χ0n) is 10.7. The van der Waals surface area contributed by atoms with Crippen LogP contribution in [-0.4, -0.2) is 63.4 Å². The highest BCUT2D eigenvalue weighted by Gasteiger charge is 2.17. The first kappa shape index (κ1) is 13.0. The van der Waals surface area contributed by atoms with E-state index >= 15 is 0 Å². The van der Waals surface area contributed by atoms with Crippen LogP contribution in [0.1, 0.15) is 12.1 Å². The lowest BCUT2D eigenvalue weighted by Gasteiger charge is -2.20. The van der Waals surface area contributed by atoms with Crippen molar-refractivity contribution in [3.8, 4) is 0 Å². The average Bonchev–Trinajstić information content (AvgIpc) is 2.58. The highest BCUT2D eigenvalue weighted by atomic mass is 16.4. The number of hydrogen-bond donors (Lipinski definition) is 1. The third-order valence-electron chi connectivity index (χ3n) is 3.35. The van der Waals surface area contributed by atoms with Crippen molar-refractivity contribution in [2.24, 2.45) is 7.05 Å². The summed E-state index contributed by atoms with van der Waals surface area (Å²) < 4.78 is 1.89. The summed E-state index contributed by atoms with van der Waals surface area (Å²) in [6, 6.07) is 2.03. The normalized spacial score (nSPS) is 18.7. The first-order chi connectivity index (χ1) is 8.65. The molecule has 100 valence electrons. The van der Waals surface area contributed by atoms with Gasteiger partial charge in [-0.2, -0.15) is 5.10 Å². The van der Waals surface area contributed by atoms with Gasteiger partial charge in [0.05, 0.1) is 12.2 Å². The third kappa shape index (κ3) is 3.54. The van der Waals surface area contributed by atoms with E-state index in [1.54, 1.807) is 0 Å². The smallest absolute Gasteiger partial charge is 0.317 e. The second-order valence-corrected chi connectivity index (χ2v) is 4.75. The molecule has 0 bridgehead atoms. The predicted molar refractivity (Wildman–Crippen MR) is 67.2 cm³/mol. The van der Waals surface area contributed by atoms with Crippen LogP contribution in [0.4, 0.5) is 0 Å². The molecule has 0 spiro atoms. The minimum absolute atomic E-state index is 0.152. The standard InChI is InChI=1S/C12H20N4O2/c1-14-11(3-4-13-14)9-15-5-2-6-16(8-7-15)10-12(17)18/h3-4H,2,5-10H2,1H3,(H,17,18). The highest BCUT2D eigenvalue weighted by molar-refractivity contribution is 5.69. The second kappa shape index (κ2) is 5.97. The summed E-state index contributed by atoms with van der Waals surface area (Å²) in [5.41, 5.74) is 1.20. The van der Waals surface area contributed by atoms with Crippen LogP contribution in [0.3, 0.4) is 0 Å². The van der Waals surface area contributed by atoms with Gasteiger partial charge < -0.3 is 5.11 Å². The first-order valence-electron chi connectivity index (χ1n) is 6.28. The van der Waals surface area contributed by atoms with E-state index in [1.165, 1.54) is 5.69 Å². The summed E-state index contributed by atoms with van der Waals surface area (Å²) >= 11 is 0. The van der Waals surface area contributed by atoms with E-state index in [9.17, 15) is 4.79 Å². The van der Waals surface area contributed by atoms with Gasteiger partial charge in [0.25, 0.3) is 0 Å². The number of carboxylic acids is 1. The molecule has 18 heavy (non-hydrogen) atoms. The number of hydrogen-bond acceptors (Lipinski definition) is 4. The van der Waals surface area contributed by atoms with Crippen molar-refractivity contribution in [1.29, 1.82) is 0 Å². The zero-order valence-corrected chi connectivity index (χ0v) is 10.7. The van der Waals surface area contributed by atoms with Gasteiger partial charge in [-0.25, -0.2) is 0 Å². The molecule has 6 nitrogen and oxygen atoms in total. The van der Waals surface area contributed by atoms with Crippen LogP contribution in [0.15, 0.2) is 12.3 Å². The van der Waals surface area contributed by atoms with E-state index in [-0.39, 0.29) is 6.54 Å². The van der Waals surface area contributed by atoms with E-state index in [0.717, 1.165) is 39.1 Å². The van der Waals surface area contributed by atoms with Crippen molar-refractivity contribution in [1.82, 2.24) is 19.6 Å². The molecule has 1 aromatic heterocycles. The van der Waals surface area contributed by atoms with E-state index < -0.39 is 5.97 Å². The van der Waals surface area contributed by atoms with Gasteiger partial charge in [0.1, 0.15) is 0 Å². The topological polar surface area (TPSA) is 61.6 Å². The van der Waals surface area contributed by atoms with Gasteiger partial charge in [-0.15, -0.1) is 0 Å². The van der Waals surface area contributed by atoms with E-state index in [1.807, 2.05) is 28.9 Å². The van der Waals surface area contributed by atoms with E-state index in [4.69, 9.17) is 5.11 Å². The lowest BCUT2D eigenvalue weighted by molar-refractivity contribution is -0.138. The molecule has 1 aliphatic rings. The number of carbonyl (C=O) groups is 1. The van der Waals surface area contributed by atoms with Crippen molar-refractivity contribution >= 4 is 5.97 Å². The van der Waals surface area contributed by atoms with Crippen molar-refractivity contribution in [3.05, 3.63) is 18.0 Å². The molecule has 0 amide bonds. The summed E-state index contributed by atoms with van der Waals surface area (Å²) in [6.07, 6.45) is 2.83. The first-order valence-corrected chi connectivity index (χ1v) is 6.28. The summed E-state index contributed by atoms with van der Waals surface area (Å²) in [4.78, 5) is 15.1. The maximum Gasteiger partial charge on any atom is 0.317 e. The zero-order chi connectivity index (χ0) is 13.0. The van der Waals surface area contributed by atoms with Gasteiger partial charge in [-0.1, -0.05) is 0 Å². The Bertz CT molecular complexity index is 405. The molecule has 1 aliphatic heterocycles. The Labute approximate surface area is 107 Å². The Hall–Kier alpha value is -1.40. The van der Waals surface area contributed by atoms with Crippen molar-refractivity contribution in [2.45, 2.75) is 13.0 Å².